The molecule has 1 heterocycles. The van der Waals surface area contributed by atoms with Crippen LogP contribution in [0.2, 0.25) is 0 Å². The summed E-state index contributed by atoms with van der Waals surface area (Å²) in [5, 5.41) is 20.2. The molecule has 4 unspecified atom stereocenters. The van der Waals surface area contributed by atoms with Crippen molar-refractivity contribution >= 4 is 5.91 Å². The Balaban J connectivity index is 1.45. The lowest BCUT2D eigenvalue weighted by Gasteiger charge is -2.63. The minimum Gasteiger partial charge on any atom is -0.390 e. The van der Waals surface area contributed by atoms with E-state index in [9.17, 15) is 15.2 Å². The molecule has 4 saturated carbocycles. The zero-order chi connectivity index (χ0) is 17.8. The second-order valence-corrected chi connectivity index (χ2v) is 9.51. The fourth-order valence-electron chi connectivity index (χ4n) is 6.88. The summed E-state index contributed by atoms with van der Waals surface area (Å²) in [6.07, 6.45) is 8.31. The minimum absolute atomic E-state index is 0.0850. The molecule has 0 radical (unpaired) electrons. The highest BCUT2D eigenvalue weighted by Crippen LogP contribution is 2.63. The van der Waals surface area contributed by atoms with Gasteiger partial charge in [-0.3, -0.25) is 9.69 Å². The van der Waals surface area contributed by atoms with Crippen LogP contribution in [0.1, 0.15) is 58.3 Å². The standard InChI is InChI=1S/C20H31N3O2/c1-14(22(2)12-18(24)23-5-3-4-17(23)11-21)19-7-15-6-16(8-19)10-20(25,9-15)13-19/h14-17,25H,3-10,12-13H2,1-2H3. The number of likely N-dealkylation sites (tertiary alicyclic amines) is 1. The van der Waals surface area contributed by atoms with Gasteiger partial charge in [0.15, 0.2) is 0 Å². The van der Waals surface area contributed by atoms with Crippen molar-refractivity contribution in [3.63, 3.8) is 0 Å². The molecule has 1 N–H and O–H groups in total. The summed E-state index contributed by atoms with van der Waals surface area (Å²) in [6, 6.07) is 2.31. The maximum Gasteiger partial charge on any atom is 0.237 e. The summed E-state index contributed by atoms with van der Waals surface area (Å²) in [6.45, 7) is 3.35. The highest BCUT2D eigenvalue weighted by atomic mass is 16.3. The van der Waals surface area contributed by atoms with Gasteiger partial charge in [-0.15, -0.1) is 0 Å². The number of carbonyl (C=O) groups is 1. The van der Waals surface area contributed by atoms with Crippen LogP contribution in [0.4, 0.5) is 0 Å². The largest absolute Gasteiger partial charge is 0.390 e. The van der Waals surface area contributed by atoms with Gasteiger partial charge in [-0.05, 0) is 82.6 Å². The summed E-state index contributed by atoms with van der Waals surface area (Å²) < 4.78 is 0. The smallest absolute Gasteiger partial charge is 0.237 e. The van der Waals surface area contributed by atoms with Crippen LogP contribution in [0.5, 0.6) is 0 Å². The number of hydrogen-bond acceptors (Lipinski definition) is 4. The highest BCUT2D eigenvalue weighted by molar-refractivity contribution is 5.79. The van der Waals surface area contributed by atoms with Gasteiger partial charge in [-0.25, -0.2) is 0 Å². The van der Waals surface area contributed by atoms with Gasteiger partial charge in [0, 0.05) is 12.6 Å². The van der Waals surface area contributed by atoms with Crippen LogP contribution in [0.25, 0.3) is 0 Å². The predicted molar refractivity (Wildman–Crippen MR) is 94.5 cm³/mol. The fraction of sp³-hybridized carbons (Fsp3) is 0.900. The fourth-order valence-corrected chi connectivity index (χ4v) is 6.88. The van der Waals surface area contributed by atoms with Crippen molar-refractivity contribution < 1.29 is 9.90 Å². The maximum absolute atomic E-state index is 12.7. The number of aliphatic hydroxyl groups is 1. The van der Waals surface area contributed by atoms with Crippen molar-refractivity contribution in [1.82, 2.24) is 9.80 Å². The van der Waals surface area contributed by atoms with Crippen molar-refractivity contribution in [2.45, 2.75) is 76.0 Å². The normalized spacial score (nSPS) is 43.5. The number of likely N-dealkylation sites (N-methyl/N-ethyl adjacent to an activating group) is 1. The van der Waals surface area contributed by atoms with Gasteiger partial charge in [-0.1, -0.05) is 0 Å². The predicted octanol–water partition coefficient (Wildman–Crippen LogP) is 2.15. The Hall–Kier alpha value is -1.12. The molecule has 4 bridgehead atoms. The molecular weight excluding hydrogens is 314 g/mol. The van der Waals surface area contributed by atoms with Crippen LogP contribution in [-0.4, -0.2) is 58.6 Å². The Morgan fingerprint density at radius 2 is 2.04 bits per heavy atom. The summed E-state index contributed by atoms with van der Waals surface area (Å²) in [5.41, 5.74) is -0.294. The van der Waals surface area contributed by atoms with Gasteiger partial charge in [-0.2, -0.15) is 5.26 Å². The number of nitriles is 1. The van der Waals surface area contributed by atoms with Gasteiger partial charge >= 0.3 is 0 Å². The van der Waals surface area contributed by atoms with Crippen molar-refractivity contribution in [3.05, 3.63) is 0 Å². The number of rotatable bonds is 4. The van der Waals surface area contributed by atoms with Crippen molar-refractivity contribution in [2.75, 3.05) is 20.1 Å². The van der Waals surface area contributed by atoms with E-state index in [1.807, 2.05) is 7.05 Å². The zero-order valence-corrected chi connectivity index (χ0v) is 15.6. The van der Waals surface area contributed by atoms with E-state index in [-0.39, 0.29) is 23.4 Å². The van der Waals surface area contributed by atoms with Gasteiger partial charge in [0.2, 0.25) is 5.91 Å². The van der Waals surface area contributed by atoms with E-state index >= 15 is 0 Å². The average Bonchev–Trinajstić information content (AvgIpc) is 3.00. The Labute approximate surface area is 151 Å². The summed E-state index contributed by atoms with van der Waals surface area (Å²) >= 11 is 0. The van der Waals surface area contributed by atoms with E-state index in [0.29, 0.717) is 24.9 Å². The summed E-state index contributed by atoms with van der Waals surface area (Å²) in [7, 11) is 2.04. The monoisotopic (exact) mass is 345 g/mol. The van der Waals surface area contributed by atoms with Crippen molar-refractivity contribution in [1.29, 1.82) is 5.26 Å². The Kier molecular flexibility index (Phi) is 4.12. The molecule has 0 aromatic heterocycles. The Morgan fingerprint density at radius 3 is 2.64 bits per heavy atom. The molecule has 5 fully saturated rings. The topological polar surface area (TPSA) is 67.6 Å². The Morgan fingerprint density at radius 1 is 1.36 bits per heavy atom. The van der Waals surface area contributed by atoms with Gasteiger partial charge in [0.25, 0.3) is 0 Å². The molecule has 5 rings (SSSR count). The van der Waals surface area contributed by atoms with E-state index in [2.05, 4.69) is 17.9 Å². The molecule has 4 atom stereocenters. The quantitative estimate of drug-likeness (QED) is 0.848. The lowest BCUT2D eigenvalue weighted by atomic mass is 9.46. The SMILES string of the molecule is CC(N(C)CC(=O)N1CCCC1C#N)C12CC3CC(CC(O)(C3)C1)C2. The van der Waals surface area contributed by atoms with Crippen LogP contribution in [-0.2, 0) is 4.79 Å². The number of carbonyl (C=O) groups excluding carboxylic acids is 1. The first kappa shape index (κ1) is 17.3. The lowest BCUT2D eigenvalue weighted by molar-refractivity contribution is -0.182. The van der Waals surface area contributed by atoms with Crippen LogP contribution in [0, 0.1) is 28.6 Å². The summed E-state index contributed by atoms with van der Waals surface area (Å²) in [4.78, 5) is 16.6. The van der Waals surface area contributed by atoms with E-state index in [1.54, 1.807) is 4.90 Å². The molecule has 4 aliphatic carbocycles. The molecule has 138 valence electrons. The third-order valence-corrected chi connectivity index (χ3v) is 7.73. The first-order valence-electron chi connectivity index (χ1n) is 9.96. The second kappa shape index (κ2) is 5.96. The number of amides is 1. The van der Waals surface area contributed by atoms with Crippen LogP contribution < -0.4 is 0 Å². The van der Waals surface area contributed by atoms with Gasteiger partial charge in [0.05, 0.1) is 18.2 Å². The van der Waals surface area contributed by atoms with Crippen molar-refractivity contribution in [3.8, 4) is 6.07 Å². The highest BCUT2D eigenvalue weighted by Gasteiger charge is 2.59. The minimum atomic E-state index is -0.454. The number of nitrogens with zero attached hydrogens (tertiary/aromatic N) is 3. The van der Waals surface area contributed by atoms with Gasteiger partial charge < -0.3 is 10.0 Å². The van der Waals surface area contributed by atoms with E-state index < -0.39 is 5.60 Å². The van der Waals surface area contributed by atoms with Crippen LogP contribution in [0.15, 0.2) is 0 Å². The molecule has 1 amide bonds. The van der Waals surface area contributed by atoms with Crippen LogP contribution >= 0.6 is 0 Å². The maximum atomic E-state index is 12.7. The molecule has 5 aliphatic rings. The molecule has 1 saturated heterocycles. The van der Waals surface area contributed by atoms with Crippen molar-refractivity contribution in [2.24, 2.45) is 17.3 Å². The molecular formula is C20H31N3O2. The first-order valence-corrected chi connectivity index (χ1v) is 9.96. The third-order valence-electron chi connectivity index (χ3n) is 7.73. The molecule has 5 nitrogen and oxygen atoms in total. The molecule has 5 heteroatoms. The molecule has 0 spiro atoms. The van der Waals surface area contributed by atoms with E-state index in [4.69, 9.17) is 0 Å². The molecule has 25 heavy (non-hydrogen) atoms. The third kappa shape index (κ3) is 2.88. The first-order chi connectivity index (χ1) is 11.8. The van der Waals surface area contributed by atoms with Crippen LogP contribution in [0.3, 0.4) is 0 Å². The second-order valence-electron chi connectivity index (χ2n) is 9.51. The lowest BCUT2D eigenvalue weighted by Crippen LogP contribution is -2.61. The molecule has 1 aliphatic heterocycles. The Bertz CT molecular complexity index is 584. The average molecular weight is 345 g/mol. The van der Waals surface area contributed by atoms with E-state index in [0.717, 1.165) is 32.1 Å². The van der Waals surface area contributed by atoms with Gasteiger partial charge in [0.1, 0.15) is 6.04 Å². The molecule has 0 aromatic rings. The zero-order valence-electron chi connectivity index (χ0n) is 15.6. The number of hydrogen-bond donors (Lipinski definition) is 1. The molecule has 0 aromatic carbocycles. The summed E-state index contributed by atoms with van der Waals surface area (Å²) in [5.74, 6) is 1.42. The van der Waals surface area contributed by atoms with E-state index in [1.165, 1.54) is 19.3 Å².